The molecule has 0 spiro atoms. The van der Waals surface area contributed by atoms with Crippen LogP contribution < -0.4 is 21.3 Å². The second kappa shape index (κ2) is 13.6. The Bertz CT molecular complexity index is 859. The summed E-state index contributed by atoms with van der Waals surface area (Å²) in [7, 11) is -1.13. The quantitative estimate of drug-likeness (QED) is 0.317. The van der Waals surface area contributed by atoms with Crippen molar-refractivity contribution in [2.45, 2.75) is 45.2 Å². The molecule has 0 fully saturated rings. The van der Waals surface area contributed by atoms with Crippen molar-refractivity contribution in [2.75, 3.05) is 20.8 Å². The fraction of sp³-hybridized carbons (Fsp3) is 0.500. The molecule has 0 bridgehead atoms. The average Bonchev–Trinajstić information content (AvgIpc) is 2.81. The van der Waals surface area contributed by atoms with Crippen LogP contribution in [0.2, 0.25) is 0 Å². The largest absolute Gasteiger partial charge is 0.445 e. The van der Waals surface area contributed by atoms with E-state index in [4.69, 9.17) is 13.8 Å². The number of hydrogen-bond donors (Lipinski definition) is 4. The molecule has 0 aliphatic carbocycles. The first-order valence-corrected chi connectivity index (χ1v) is 11.7. The third kappa shape index (κ3) is 9.60. The molecule has 1 rings (SSSR count). The van der Waals surface area contributed by atoms with E-state index in [0.29, 0.717) is 0 Å². The van der Waals surface area contributed by atoms with Gasteiger partial charge in [0.15, 0.2) is 0 Å². The van der Waals surface area contributed by atoms with Gasteiger partial charge in [0.1, 0.15) is 31.0 Å². The van der Waals surface area contributed by atoms with Crippen molar-refractivity contribution in [3.63, 3.8) is 0 Å². The van der Waals surface area contributed by atoms with Crippen molar-refractivity contribution < 1.29 is 37.5 Å². The fourth-order valence-electron chi connectivity index (χ4n) is 2.49. The molecule has 0 radical (unpaired) electrons. The molecule has 12 nitrogen and oxygen atoms in total. The van der Waals surface area contributed by atoms with Crippen molar-refractivity contribution in [1.82, 2.24) is 21.3 Å². The van der Waals surface area contributed by atoms with E-state index in [1.807, 2.05) is 6.07 Å². The van der Waals surface area contributed by atoms with Crippen molar-refractivity contribution in [1.29, 1.82) is 0 Å². The molecule has 0 aromatic heterocycles. The molecular weight excluding hydrogens is 455 g/mol. The lowest BCUT2D eigenvalue weighted by Gasteiger charge is -2.24. The minimum Gasteiger partial charge on any atom is -0.445 e. The number of benzene rings is 1. The van der Waals surface area contributed by atoms with Gasteiger partial charge < -0.3 is 35.1 Å². The van der Waals surface area contributed by atoms with Crippen LogP contribution in [0.1, 0.15) is 26.3 Å². The summed E-state index contributed by atoms with van der Waals surface area (Å²) in [6.45, 7) is 3.93. The molecular formula is C20H31N4O8P. The van der Waals surface area contributed by atoms with Gasteiger partial charge in [-0.2, -0.15) is 0 Å². The molecule has 184 valence electrons. The zero-order chi connectivity index (χ0) is 25.0. The predicted molar refractivity (Wildman–Crippen MR) is 119 cm³/mol. The number of alkyl carbamates (subject to hydrolysis) is 1. The minimum absolute atomic E-state index is 0.0515. The van der Waals surface area contributed by atoms with Crippen molar-refractivity contribution in [3.05, 3.63) is 35.9 Å². The molecule has 1 aromatic carbocycles. The Morgan fingerprint density at radius 1 is 0.879 bits per heavy atom. The maximum atomic E-state index is 12.3. The lowest BCUT2D eigenvalue weighted by molar-refractivity contribution is -0.131. The lowest BCUT2D eigenvalue weighted by atomic mass is 10.2. The van der Waals surface area contributed by atoms with Crippen LogP contribution in [0, 0.1) is 0 Å². The summed E-state index contributed by atoms with van der Waals surface area (Å²) in [6, 6.07) is 7.04. The van der Waals surface area contributed by atoms with Gasteiger partial charge in [0.2, 0.25) is 17.7 Å². The number of carbonyl (C=O) groups is 4. The zero-order valence-corrected chi connectivity index (χ0v) is 20.1. The zero-order valence-electron chi connectivity index (χ0n) is 19.2. The summed E-state index contributed by atoms with van der Waals surface area (Å²) in [5.74, 6) is -2.82. The number of carbonyl (C=O) groups excluding carboxylic acids is 4. The van der Waals surface area contributed by atoms with E-state index < -0.39 is 55.8 Å². The first-order chi connectivity index (χ1) is 15.5. The van der Waals surface area contributed by atoms with Crippen LogP contribution in [-0.2, 0) is 39.3 Å². The standard InChI is InChI=1S/C20H31N4O8P/c1-13(18(26)23-14(2)19(27)24-15(3)33(29,30-4)31-5)22-17(25)11-21-20(28)32-12-16-9-7-6-8-10-16/h6-10,13-15H,11-12H2,1-5H3,(H,21,28)(H,22,25)(H,23,26)(H,24,27)/t13-,14-,15+/m0/s1. The fourth-order valence-corrected chi connectivity index (χ4v) is 3.56. The maximum absolute atomic E-state index is 12.3. The van der Waals surface area contributed by atoms with E-state index in [0.717, 1.165) is 5.56 Å². The summed E-state index contributed by atoms with van der Waals surface area (Å²) >= 11 is 0. The van der Waals surface area contributed by atoms with Crippen molar-refractivity contribution in [3.8, 4) is 0 Å². The van der Waals surface area contributed by atoms with Crippen LogP contribution in [0.15, 0.2) is 30.3 Å². The Morgan fingerprint density at radius 3 is 2.00 bits per heavy atom. The van der Waals surface area contributed by atoms with E-state index in [2.05, 4.69) is 21.3 Å². The molecule has 4 amide bonds. The number of nitrogens with one attached hydrogen (secondary N) is 4. The normalized spacial score (nSPS) is 13.7. The van der Waals surface area contributed by atoms with Gasteiger partial charge in [-0.25, -0.2) is 4.79 Å². The molecule has 0 heterocycles. The lowest BCUT2D eigenvalue weighted by Crippen LogP contribution is -2.53. The van der Waals surface area contributed by atoms with E-state index >= 15 is 0 Å². The second-order valence-corrected chi connectivity index (χ2v) is 9.61. The average molecular weight is 486 g/mol. The number of rotatable bonds is 12. The third-order valence-corrected chi connectivity index (χ3v) is 6.56. The predicted octanol–water partition coefficient (Wildman–Crippen LogP) is 0.870. The summed E-state index contributed by atoms with van der Waals surface area (Å²) < 4.78 is 26.9. The Hall–Kier alpha value is -2.95. The summed E-state index contributed by atoms with van der Waals surface area (Å²) in [5, 5.41) is 9.56. The number of amides is 4. The van der Waals surface area contributed by atoms with Crippen molar-refractivity contribution in [2.24, 2.45) is 0 Å². The maximum Gasteiger partial charge on any atom is 0.407 e. The van der Waals surface area contributed by atoms with E-state index in [1.165, 1.54) is 35.0 Å². The van der Waals surface area contributed by atoms with Crippen LogP contribution in [0.4, 0.5) is 4.79 Å². The molecule has 1 aromatic rings. The molecule has 0 saturated heterocycles. The number of hydrogen-bond acceptors (Lipinski definition) is 8. The summed E-state index contributed by atoms with van der Waals surface area (Å²) in [6.07, 6.45) is -0.782. The Morgan fingerprint density at radius 2 is 1.42 bits per heavy atom. The second-order valence-electron chi connectivity index (χ2n) is 7.02. The molecule has 0 aliphatic heterocycles. The molecule has 13 heteroatoms. The molecule has 4 N–H and O–H groups in total. The van der Waals surface area contributed by atoms with Gasteiger partial charge in [0, 0.05) is 14.2 Å². The Labute approximate surface area is 192 Å². The first-order valence-electron chi connectivity index (χ1n) is 10.1. The van der Waals surface area contributed by atoms with Crippen LogP contribution in [0.25, 0.3) is 0 Å². The van der Waals surface area contributed by atoms with Crippen LogP contribution in [0.5, 0.6) is 0 Å². The highest BCUT2D eigenvalue weighted by atomic mass is 31.2. The Balaban J connectivity index is 2.39. The van der Waals surface area contributed by atoms with Crippen LogP contribution >= 0.6 is 7.60 Å². The number of ether oxygens (including phenoxy) is 1. The van der Waals surface area contributed by atoms with Gasteiger partial charge in [-0.3, -0.25) is 18.9 Å². The van der Waals surface area contributed by atoms with E-state index in [9.17, 15) is 23.7 Å². The highest BCUT2D eigenvalue weighted by Crippen LogP contribution is 2.50. The van der Waals surface area contributed by atoms with Crippen molar-refractivity contribution >= 4 is 31.4 Å². The molecule has 0 aliphatic rings. The van der Waals surface area contributed by atoms with Crippen LogP contribution in [0.3, 0.4) is 0 Å². The smallest absolute Gasteiger partial charge is 0.407 e. The molecule has 0 saturated carbocycles. The highest BCUT2D eigenvalue weighted by Gasteiger charge is 2.32. The van der Waals surface area contributed by atoms with E-state index in [1.54, 1.807) is 24.3 Å². The molecule has 0 unspecified atom stereocenters. The van der Waals surface area contributed by atoms with Gasteiger partial charge in [0.25, 0.3) is 0 Å². The van der Waals surface area contributed by atoms with Gasteiger partial charge in [0.05, 0.1) is 0 Å². The van der Waals surface area contributed by atoms with Gasteiger partial charge in [-0.05, 0) is 26.3 Å². The first kappa shape index (κ1) is 28.1. The highest BCUT2D eigenvalue weighted by molar-refractivity contribution is 7.54. The van der Waals surface area contributed by atoms with E-state index in [-0.39, 0.29) is 6.61 Å². The molecule has 3 atom stereocenters. The van der Waals surface area contributed by atoms with Gasteiger partial charge >= 0.3 is 13.7 Å². The SMILES string of the molecule is COP(=O)(OC)[C@H](C)NC(=O)[C@H](C)NC(=O)[C@H](C)NC(=O)CNC(=O)OCc1ccccc1. The minimum atomic E-state index is -3.52. The third-order valence-electron chi connectivity index (χ3n) is 4.46. The van der Waals surface area contributed by atoms with Gasteiger partial charge in [-0.1, -0.05) is 30.3 Å². The van der Waals surface area contributed by atoms with Crippen LogP contribution in [-0.4, -0.2) is 62.4 Å². The topological polar surface area (TPSA) is 161 Å². The monoisotopic (exact) mass is 486 g/mol. The molecule has 33 heavy (non-hydrogen) atoms. The van der Waals surface area contributed by atoms with Gasteiger partial charge in [-0.15, -0.1) is 0 Å². The summed E-state index contributed by atoms with van der Waals surface area (Å²) in [5.41, 5.74) is 0.794. The Kier molecular flexibility index (Phi) is 11.5. The summed E-state index contributed by atoms with van der Waals surface area (Å²) in [4.78, 5) is 48.2.